The zero-order valence-electron chi connectivity index (χ0n) is 7.88. The molecule has 3 nitrogen and oxygen atoms in total. The van der Waals surface area contributed by atoms with E-state index in [1.54, 1.807) is 6.07 Å². The number of esters is 1. The molecule has 0 N–H and O–H groups in total. The summed E-state index contributed by atoms with van der Waals surface area (Å²) in [6.45, 7) is 0. The van der Waals surface area contributed by atoms with Crippen LogP contribution in [0.2, 0.25) is 0 Å². The van der Waals surface area contributed by atoms with E-state index in [9.17, 15) is 9.18 Å². The van der Waals surface area contributed by atoms with Crippen molar-refractivity contribution in [2.45, 2.75) is 5.33 Å². The fraction of sp³-hybridized carbons (Fsp3) is 0.200. The lowest BCUT2D eigenvalue weighted by atomic mass is 10.0. The summed E-state index contributed by atoms with van der Waals surface area (Å²) < 4.78 is 17.7. The zero-order valence-corrected chi connectivity index (χ0v) is 9.47. The maximum absolute atomic E-state index is 13.3. The van der Waals surface area contributed by atoms with Gasteiger partial charge in [0.25, 0.3) is 0 Å². The first-order valence-corrected chi connectivity index (χ1v) is 5.13. The van der Waals surface area contributed by atoms with Gasteiger partial charge in [0, 0.05) is 10.9 Å². The van der Waals surface area contributed by atoms with E-state index in [1.807, 2.05) is 0 Å². The van der Waals surface area contributed by atoms with Crippen molar-refractivity contribution in [3.8, 4) is 6.07 Å². The molecule has 0 aliphatic heterocycles. The average Bonchev–Trinajstić information content (AvgIpc) is 2.27. The molecule has 1 aromatic rings. The number of hydrogen-bond acceptors (Lipinski definition) is 3. The lowest BCUT2D eigenvalue weighted by molar-refractivity contribution is 0.0600. The van der Waals surface area contributed by atoms with Crippen LogP contribution in [0.3, 0.4) is 0 Å². The van der Waals surface area contributed by atoms with Crippen LogP contribution in [-0.2, 0) is 10.1 Å². The molecule has 0 saturated carbocycles. The van der Waals surface area contributed by atoms with Crippen molar-refractivity contribution < 1.29 is 13.9 Å². The van der Waals surface area contributed by atoms with Crippen LogP contribution in [0, 0.1) is 17.1 Å². The molecule has 0 amide bonds. The van der Waals surface area contributed by atoms with Crippen LogP contribution in [0.15, 0.2) is 12.1 Å². The van der Waals surface area contributed by atoms with Crippen LogP contribution in [0.1, 0.15) is 21.5 Å². The molecule has 0 aliphatic rings. The molecule has 0 atom stereocenters. The van der Waals surface area contributed by atoms with Crippen LogP contribution in [0.25, 0.3) is 0 Å². The van der Waals surface area contributed by atoms with Crippen molar-refractivity contribution in [2.75, 3.05) is 7.11 Å². The number of halogens is 2. The van der Waals surface area contributed by atoms with E-state index in [0.29, 0.717) is 0 Å². The standard InChI is InChI=1S/C10H7BrFNO2/c1-15-10(14)6-2-3-9(12)7(4-11)8(6)5-13/h2-3H,4H2,1H3. The Hall–Kier alpha value is -1.41. The van der Waals surface area contributed by atoms with Gasteiger partial charge in [-0.15, -0.1) is 0 Å². The van der Waals surface area contributed by atoms with Crippen LogP contribution in [-0.4, -0.2) is 13.1 Å². The highest BCUT2D eigenvalue weighted by Crippen LogP contribution is 2.20. The van der Waals surface area contributed by atoms with E-state index in [1.165, 1.54) is 13.2 Å². The molecule has 78 valence electrons. The Balaban J connectivity index is 3.43. The lowest BCUT2D eigenvalue weighted by Crippen LogP contribution is -2.07. The van der Waals surface area contributed by atoms with E-state index in [4.69, 9.17) is 5.26 Å². The summed E-state index contributed by atoms with van der Waals surface area (Å²) >= 11 is 3.06. The van der Waals surface area contributed by atoms with Crippen molar-refractivity contribution in [1.29, 1.82) is 5.26 Å². The summed E-state index contributed by atoms with van der Waals surface area (Å²) in [4.78, 5) is 11.3. The number of nitrogens with zero attached hydrogens (tertiary/aromatic N) is 1. The number of rotatable bonds is 2. The minimum atomic E-state index is -0.645. The number of hydrogen-bond donors (Lipinski definition) is 0. The predicted octanol–water partition coefficient (Wildman–Crippen LogP) is 2.38. The van der Waals surface area contributed by atoms with E-state index in [2.05, 4.69) is 20.7 Å². The first-order valence-electron chi connectivity index (χ1n) is 4.01. The molecular weight excluding hydrogens is 265 g/mol. The molecule has 0 radical (unpaired) electrons. The quantitative estimate of drug-likeness (QED) is 0.613. The maximum Gasteiger partial charge on any atom is 0.339 e. The number of carbonyl (C=O) groups excluding carboxylic acids is 1. The Labute approximate surface area is 94.6 Å². The maximum atomic E-state index is 13.3. The van der Waals surface area contributed by atoms with Gasteiger partial charge in [-0.05, 0) is 12.1 Å². The summed E-state index contributed by atoms with van der Waals surface area (Å²) in [6, 6.07) is 4.18. The van der Waals surface area contributed by atoms with E-state index >= 15 is 0 Å². The van der Waals surface area contributed by atoms with E-state index < -0.39 is 11.8 Å². The SMILES string of the molecule is COC(=O)c1ccc(F)c(CBr)c1C#N. The second kappa shape index (κ2) is 4.89. The zero-order chi connectivity index (χ0) is 11.4. The van der Waals surface area contributed by atoms with Gasteiger partial charge in [0.1, 0.15) is 11.9 Å². The van der Waals surface area contributed by atoms with Gasteiger partial charge in [-0.1, -0.05) is 15.9 Å². The minimum Gasteiger partial charge on any atom is -0.465 e. The third-order valence-electron chi connectivity index (χ3n) is 1.91. The first kappa shape index (κ1) is 11.7. The monoisotopic (exact) mass is 271 g/mol. The number of alkyl halides is 1. The molecule has 0 bridgehead atoms. The van der Waals surface area contributed by atoms with Gasteiger partial charge in [-0.2, -0.15) is 5.26 Å². The second-order valence-corrected chi connectivity index (χ2v) is 3.25. The van der Waals surface area contributed by atoms with Gasteiger partial charge < -0.3 is 4.74 Å². The van der Waals surface area contributed by atoms with Crippen molar-refractivity contribution in [1.82, 2.24) is 0 Å². The minimum absolute atomic E-state index is 0.0127. The molecule has 1 rings (SSSR count). The molecule has 1 aromatic carbocycles. The average molecular weight is 272 g/mol. The highest BCUT2D eigenvalue weighted by molar-refractivity contribution is 9.08. The Bertz CT molecular complexity index is 440. The smallest absolute Gasteiger partial charge is 0.339 e. The fourth-order valence-corrected chi connectivity index (χ4v) is 1.71. The number of methoxy groups -OCH3 is 1. The lowest BCUT2D eigenvalue weighted by Gasteiger charge is -2.06. The summed E-state index contributed by atoms with van der Waals surface area (Å²) in [5, 5.41) is 9.03. The number of carbonyl (C=O) groups is 1. The number of nitriles is 1. The van der Waals surface area contributed by atoms with Gasteiger partial charge in [-0.3, -0.25) is 0 Å². The molecule has 0 saturated heterocycles. The summed E-state index contributed by atoms with van der Waals surface area (Å²) in [5.41, 5.74) is 0.259. The molecule has 0 spiro atoms. The molecule has 15 heavy (non-hydrogen) atoms. The van der Waals surface area contributed by atoms with E-state index in [0.717, 1.165) is 6.07 Å². The van der Waals surface area contributed by atoms with Gasteiger partial charge in [-0.25, -0.2) is 9.18 Å². The van der Waals surface area contributed by atoms with Gasteiger partial charge in [0.15, 0.2) is 0 Å². The van der Waals surface area contributed by atoms with Gasteiger partial charge in [0.2, 0.25) is 0 Å². The van der Waals surface area contributed by atoms with Crippen LogP contribution >= 0.6 is 15.9 Å². The highest BCUT2D eigenvalue weighted by Gasteiger charge is 2.17. The summed E-state index contributed by atoms with van der Waals surface area (Å²) in [7, 11) is 1.21. The molecule has 0 aliphatic carbocycles. The number of ether oxygens (including phenoxy) is 1. The molecular formula is C10H7BrFNO2. The largest absolute Gasteiger partial charge is 0.465 e. The second-order valence-electron chi connectivity index (χ2n) is 2.69. The highest BCUT2D eigenvalue weighted by atomic mass is 79.9. The van der Waals surface area contributed by atoms with Crippen molar-refractivity contribution >= 4 is 21.9 Å². The Morgan fingerprint density at radius 3 is 2.80 bits per heavy atom. The molecule has 0 aromatic heterocycles. The molecule has 0 heterocycles. The van der Waals surface area contributed by atoms with Crippen LogP contribution in [0.4, 0.5) is 4.39 Å². The molecule has 0 unspecified atom stereocenters. The molecule has 5 heteroatoms. The van der Waals surface area contributed by atoms with E-state index in [-0.39, 0.29) is 22.0 Å². The first-order chi connectivity index (χ1) is 7.15. The van der Waals surface area contributed by atoms with Crippen molar-refractivity contribution in [3.05, 3.63) is 34.6 Å². The normalized spacial score (nSPS) is 9.47. The topological polar surface area (TPSA) is 50.1 Å². The third kappa shape index (κ3) is 2.16. The summed E-state index contributed by atoms with van der Waals surface area (Å²) in [6.07, 6.45) is 0. The van der Waals surface area contributed by atoms with Gasteiger partial charge >= 0.3 is 5.97 Å². The number of benzene rings is 1. The van der Waals surface area contributed by atoms with Crippen molar-refractivity contribution in [2.24, 2.45) is 0 Å². The Morgan fingerprint density at radius 2 is 2.33 bits per heavy atom. The predicted molar refractivity (Wildman–Crippen MR) is 55.1 cm³/mol. The van der Waals surface area contributed by atoms with Crippen molar-refractivity contribution in [3.63, 3.8) is 0 Å². The summed E-state index contributed by atoms with van der Waals surface area (Å²) in [5.74, 6) is -1.16. The fourth-order valence-electron chi connectivity index (χ4n) is 1.16. The van der Waals surface area contributed by atoms with Crippen LogP contribution in [0.5, 0.6) is 0 Å². The molecule has 0 fully saturated rings. The Morgan fingerprint density at radius 1 is 1.67 bits per heavy atom. The third-order valence-corrected chi connectivity index (χ3v) is 2.47. The van der Waals surface area contributed by atoms with Crippen LogP contribution < -0.4 is 0 Å². The van der Waals surface area contributed by atoms with Gasteiger partial charge in [0.05, 0.1) is 18.2 Å². The Kier molecular flexibility index (Phi) is 3.81.